The zero-order valence-electron chi connectivity index (χ0n) is 12.0. The largest absolute Gasteiger partial charge is 0.494 e. The highest BCUT2D eigenvalue weighted by Gasteiger charge is 2.38. The molecule has 8 heteroatoms. The third-order valence-corrected chi connectivity index (χ3v) is 2.61. The summed E-state index contributed by atoms with van der Waals surface area (Å²) in [5.74, 6) is -1.68. The van der Waals surface area contributed by atoms with E-state index < -0.39 is 12.1 Å². The van der Waals surface area contributed by atoms with Crippen LogP contribution in [0.2, 0.25) is 0 Å². The van der Waals surface area contributed by atoms with Gasteiger partial charge in [0.1, 0.15) is 5.75 Å². The molecule has 1 rings (SSSR count). The smallest absolute Gasteiger partial charge is 0.471 e. The Morgan fingerprint density at radius 3 is 2.23 bits per heavy atom. The van der Waals surface area contributed by atoms with Crippen LogP contribution in [0.1, 0.15) is 23.7 Å². The average Bonchev–Trinajstić information content (AvgIpc) is 2.46. The lowest BCUT2D eigenvalue weighted by atomic mass is 10.2. The van der Waals surface area contributed by atoms with Crippen LogP contribution < -0.4 is 15.4 Å². The summed E-state index contributed by atoms with van der Waals surface area (Å²) in [5.41, 5.74) is 0.419. The zero-order chi connectivity index (χ0) is 16.6. The van der Waals surface area contributed by atoms with Gasteiger partial charge in [0.15, 0.2) is 0 Å². The van der Waals surface area contributed by atoms with Crippen LogP contribution in [0.3, 0.4) is 0 Å². The summed E-state index contributed by atoms with van der Waals surface area (Å²) >= 11 is 0. The summed E-state index contributed by atoms with van der Waals surface area (Å²) in [5, 5.41) is 4.28. The van der Waals surface area contributed by atoms with Crippen LogP contribution in [0, 0.1) is 0 Å². The van der Waals surface area contributed by atoms with Crippen molar-refractivity contribution in [1.29, 1.82) is 0 Å². The molecule has 0 saturated carbocycles. The molecule has 0 atom stereocenters. The van der Waals surface area contributed by atoms with E-state index in [4.69, 9.17) is 4.74 Å². The Morgan fingerprint density at radius 1 is 1.09 bits per heavy atom. The predicted molar refractivity (Wildman–Crippen MR) is 73.6 cm³/mol. The van der Waals surface area contributed by atoms with E-state index in [0.717, 1.165) is 0 Å². The fraction of sp³-hybridized carbons (Fsp3) is 0.429. The minimum atomic E-state index is -4.88. The van der Waals surface area contributed by atoms with Gasteiger partial charge in [-0.25, -0.2) is 0 Å². The Morgan fingerprint density at radius 2 is 1.68 bits per heavy atom. The first kappa shape index (κ1) is 17.8. The first-order valence-electron chi connectivity index (χ1n) is 6.70. The Hall–Kier alpha value is -2.25. The number of carbonyl (C=O) groups excluding carboxylic acids is 2. The molecule has 5 nitrogen and oxygen atoms in total. The molecule has 1 aromatic carbocycles. The molecule has 0 unspecified atom stereocenters. The Kier molecular flexibility index (Phi) is 6.68. The number of halogens is 3. The van der Waals surface area contributed by atoms with Gasteiger partial charge in [-0.3, -0.25) is 9.59 Å². The second-order valence-corrected chi connectivity index (χ2v) is 4.32. The minimum absolute atomic E-state index is 0.157. The first-order valence-corrected chi connectivity index (χ1v) is 6.70. The Balaban J connectivity index is 2.27. The number of alkyl halides is 3. The van der Waals surface area contributed by atoms with E-state index in [-0.39, 0.29) is 25.4 Å². The summed E-state index contributed by atoms with van der Waals surface area (Å²) in [6.07, 6.45) is -4.68. The number of nitrogens with one attached hydrogen (secondary N) is 2. The van der Waals surface area contributed by atoms with Crippen molar-refractivity contribution in [2.24, 2.45) is 0 Å². The summed E-state index contributed by atoms with van der Waals surface area (Å²) < 4.78 is 40.9. The summed E-state index contributed by atoms with van der Waals surface area (Å²) in [6.45, 7) is 2.36. The fourth-order valence-corrected chi connectivity index (χ4v) is 1.56. The Labute approximate surface area is 125 Å². The molecule has 2 N–H and O–H groups in total. The van der Waals surface area contributed by atoms with Gasteiger partial charge in [0.05, 0.1) is 6.61 Å². The van der Waals surface area contributed by atoms with Crippen LogP contribution in [0.15, 0.2) is 24.3 Å². The predicted octanol–water partition coefficient (Wildman–Crippen LogP) is 1.88. The van der Waals surface area contributed by atoms with E-state index >= 15 is 0 Å². The summed E-state index contributed by atoms with van der Waals surface area (Å²) in [6, 6.07) is 6.49. The van der Waals surface area contributed by atoms with Gasteiger partial charge in [-0.1, -0.05) is 0 Å². The van der Waals surface area contributed by atoms with Crippen molar-refractivity contribution in [2.45, 2.75) is 19.5 Å². The number of carbonyl (C=O) groups is 2. The van der Waals surface area contributed by atoms with E-state index in [2.05, 4.69) is 5.32 Å². The number of hydrogen-bond acceptors (Lipinski definition) is 3. The first-order chi connectivity index (χ1) is 10.3. The zero-order valence-corrected chi connectivity index (χ0v) is 12.0. The molecule has 122 valence electrons. The molecule has 0 radical (unpaired) electrons. The third kappa shape index (κ3) is 6.02. The number of benzene rings is 1. The van der Waals surface area contributed by atoms with Crippen molar-refractivity contribution in [3.05, 3.63) is 29.8 Å². The van der Waals surface area contributed by atoms with Gasteiger partial charge in [0.25, 0.3) is 5.91 Å². The second kappa shape index (κ2) is 8.26. The molecular weight excluding hydrogens is 301 g/mol. The number of hydrogen-bond donors (Lipinski definition) is 2. The van der Waals surface area contributed by atoms with E-state index in [0.29, 0.717) is 17.9 Å². The van der Waals surface area contributed by atoms with Crippen LogP contribution in [-0.4, -0.2) is 37.7 Å². The van der Waals surface area contributed by atoms with Crippen molar-refractivity contribution in [3.63, 3.8) is 0 Å². The maximum absolute atomic E-state index is 11.9. The second-order valence-electron chi connectivity index (χ2n) is 4.32. The van der Waals surface area contributed by atoms with Gasteiger partial charge in [-0.15, -0.1) is 0 Å². The van der Waals surface area contributed by atoms with Crippen LogP contribution in [-0.2, 0) is 4.79 Å². The van der Waals surface area contributed by atoms with Gasteiger partial charge in [0, 0.05) is 18.7 Å². The van der Waals surface area contributed by atoms with E-state index in [9.17, 15) is 22.8 Å². The van der Waals surface area contributed by atoms with Crippen molar-refractivity contribution in [3.8, 4) is 5.75 Å². The molecule has 0 saturated heterocycles. The van der Waals surface area contributed by atoms with Gasteiger partial charge < -0.3 is 15.4 Å². The molecule has 0 bridgehead atoms. The number of amides is 2. The summed E-state index contributed by atoms with van der Waals surface area (Å²) in [7, 11) is 0. The lowest BCUT2D eigenvalue weighted by Crippen LogP contribution is -2.38. The average molecular weight is 318 g/mol. The molecule has 0 fully saturated rings. The molecule has 0 heterocycles. The van der Waals surface area contributed by atoms with Crippen molar-refractivity contribution < 1.29 is 27.5 Å². The normalized spacial score (nSPS) is 10.9. The van der Waals surface area contributed by atoms with Crippen LogP contribution in [0.4, 0.5) is 13.2 Å². The topological polar surface area (TPSA) is 67.4 Å². The van der Waals surface area contributed by atoms with Gasteiger partial charge in [-0.05, 0) is 37.6 Å². The highest BCUT2D eigenvalue weighted by Crippen LogP contribution is 2.14. The number of ether oxygens (including phenoxy) is 1. The molecule has 2 amide bonds. The van der Waals surface area contributed by atoms with Gasteiger partial charge >= 0.3 is 12.1 Å². The van der Waals surface area contributed by atoms with Gasteiger partial charge in [0.2, 0.25) is 0 Å². The molecule has 0 aliphatic heterocycles. The van der Waals surface area contributed by atoms with Crippen LogP contribution in [0.25, 0.3) is 0 Å². The molecule has 0 aromatic heterocycles. The molecular formula is C14H17F3N2O3. The van der Waals surface area contributed by atoms with E-state index in [1.807, 2.05) is 6.92 Å². The van der Waals surface area contributed by atoms with E-state index in [1.165, 1.54) is 0 Å². The van der Waals surface area contributed by atoms with Crippen molar-refractivity contribution in [1.82, 2.24) is 10.6 Å². The lowest BCUT2D eigenvalue weighted by molar-refractivity contribution is -0.173. The molecule has 22 heavy (non-hydrogen) atoms. The van der Waals surface area contributed by atoms with Crippen LogP contribution in [0.5, 0.6) is 5.75 Å². The van der Waals surface area contributed by atoms with Crippen LogP contribution >= 0.6 is 0 Å². The molecule has 0 aliphatic carbocycles. The monoisotopic (exact) mass is 318 g/mol. The quantitative estimate of drug-likeness (QED) is 0.754. The van der Waals surface area contributed by atoms with Crippen molar-refractivity contribution in [2.75, 3.05) is 19.7 Å². The highest BCUT2D eigenvalue weighted by atomic mass is 19.4. The molecule has 0 spiro atoms. The standard InChI is InChI=1S/C14H17F3N2O3/c1-2-22-11-6-4-10(5-7-11)12(20)18-8-3-9-19-13(21)14(15,16)17/h4-7H,2-3,8-9H2,1H3,(H,18,20)(H,19,21). The SMILES string of the molecule is CCOc1ccc(C(=O)NCCCNC(=O)C(F)(F)F)cc1. The Bertz CT molecular complexity index is 501. The van der Waals surface area contributed by atoms with Gasteiger partial charge in [-0.2, -0.15) is 13.2 Å². The minimum Gasteiger partial charge on any atom is -0.494 e. The maximum atomic E-state index is 11.9. The maximum Gasteiger partial charge on any atom is 0.471 e. The molecule has 0 aliphatic rings. The lowest BCUT2D eigenvalue weighted by Gasteiger charge is -2.09. The number of rotatable bonds is 7. The summed E-state index contributed by atoms with van der Waals surface area (Å²) in [4.78, 5) is 22.3. The fourth-order valence-electron chi connectivity index (χ4n) is 1.56. The van der Waals surface area contributed by atoms with E-state index in [1.54, 1.807) is 29.6 Å². The van der Waals surface area contributed by atoms with Crippen molar-refractivity contribution >= 4 is 11.8 Å². The third-order valence-electron chi connectivity index (χ3n) is 2.61. The molecule has 1 aromatic rings. The highest BCUT2D eigenvalue weighted by molar-refractivity contribution is 5.94.